The van der Waals surface area contributed by atoms with Gasteiger partial charge in [0.1, 0.15) is 5.69 Å². The van der Waals surface area contributed by atoms with Gasteiger partial charge in [0.2, 0.25) is 0 Å². The zero-order valence-corrected chi connectivity index (χ0v) is 14.3. The fourth-order valence-corrected chi connectivity index (χ4v) is 3.61. The highest BCUT2D eigenvalue weighted by atomic mass is 79.9. The summed E-state index contributed by atoms with van der Waals surface area (Å²) in [5, 5.41) is 9.88. The number of likely N-dealkylation sites (tertiary alicyclic amines) is 1. The molecule has 3 rings (SSSR count). The number of carboxylic acids is 1. The van der Waals surface area contributed by atoms with Crippen molar-refractivity contribution in [2.24, 2.45) is 0 Å². The van der Waals surface area contributed by atoms with E-state index in [9.17, 15) is 9.59 Å². The number of hydrogen-bond donors (Lipinski definition) is 2. The number of hydrogen-bond acceptors (Lipinski definition) is 2. The Kier molecular flexibility index (Phi) is 4.71. The number of benzene rings is 1. The van der Waals surface area contributed by atoms with Gasteiger partial charge in [0.05, 0.1) is 0 Å². The van der Waals surface area contributed by atoms with Crippen molar-refractivity contribution in [2.75, 3.05) is 6.54 Å². The van der Waals surface area contributed by atoms with Crippen molar-refractivity contribution in [3.63, 3.8) is 0 Å². The van der Waals surface area contributed by atoms with Crippen LogP contribution in [0.4, 0.5) is 0 Å². The van der Waals surface area contributed by atoms with Crippen molar-refractivity contribution in [3.8, 4) is 0 Å². The molecule has 1 aromatic heterocycles. The molecule has 1 unspecified atom stereocenters. The molecule has 0 saturated carbocycles. The van der Waals surface area contributed by atoms with Crippen LogP contribution >= 0.6 is 15.9 Å². The van der Waals surface area contributed by atoms with E-state index in [4.69, 9.17) is 5.11 Å². The molecule has 2 aromatic rings. The second-order valence-electron chi connectivity index (χ2n) is 6.00. The first-order valence-corrected chi connectivity index (χ1v) is 8.65. The van der Waals surface area contributed by atoms with Crippen LogP contribution < -0.4 is 0 Å². The van der Waals surface area contributed by atoms with E-state index < -0.39 is 5.97 Å². The Morgan fingerprint density at radius 1 is 1.30 bits per heavy atom. The zero-order valence-electron chi connectivity index (χ0n) is 12.7. The molecule has 2 N–H and O–H groups in total. The number of H-pyrrole nitrogens is 1. The number of nitrogens with zero attached hydrogens (tertiary/aromatic N) is 1. The molecular formula is C17H19BrN2O3. The van der Waals surface area contributed by atoms with E-state index in [0.29, 0.717) is 18.7 Å². The number of aromatic amines is 1. The SMILES string of the molecule is O=C(O)CCC1CCCCN1C(=O)c1cc2cc(Br)ccc2[nH]1. The molecule has 1 aliphatic heterocycles. The Balaban J connectivity index is 1.81. The van der Waals surface area contributed by atoms with Gasteiger partial charge in [0, 0.05) is 34.4 Å². The van der Waals surface area contributed by atoms with Crippen molar-refractivity contribution < 1.29 is 14.7 Å². The molecular weight excluding hydrogens is 360 g/mol. The molecule has 1 saturated heterocycles. The number of amides is 1. The van der Waals surface area contributed by atoms with Crippen LogP contribution in [-0.2, 0) is 4.79 Å². The summed E-state index contributed by atoms with van der Waals surface area (Å²) < 4.78 is 0.973. The Bertz CT molecular complexity index is 741. The number of fused-ring (bicyclic) bond motifs is 1. The van der Waals surface area contributed by atoms with Gasteiger partial charge in [0.25, 0.3) is 5.91 Å². The summed E-state index contributed by atoms with van der Waals surface area (Å²) in [7, 11) is 0. The number of halogens is 1. The number of carbonyl (C=O) groups excluding carboxylic acids is 1. The van der Waals surface area contributed by atoms with Gasteiger partial charge < -0.3 is 15.0 Å². The highest BCUT2D eigenvalue weighted by molar-refractivity contribution is 9.10. The maximum Gasteiger partial charge on any atom is 0.303 e. The first kappa shape index (κ1) is 16.1. The molecule has 0 spiro atoms. The topological polar surface area (TPSA) is 73.4 Å². The number of piperidine rings is 1. The fraction of sp³-hybridized carbons (Fsp3) is 0.412. The predicted octanol–water partition coefficient (Wildman–Crippen LogP) is 3.79. The predicted molar refractivity (Wildman–Crippen MR) is 91.5 cm³/mol. The zero-order chi connectivity index (χ0) is 16.4. The molecule has 1 aromatic carbocycles. The van der Waals surface area contributed by atoms with Crippen LogP contribution in [-0.4, -0.2) is 39.5 Å². The number of nitrogens with one attached hydrogen (secondary N) is 1. The molecule has 6 heteroatoms. The number of carbonyl (C=O) groups is 2. The van der Waals surface area contributed by atoms with Gasteiger partial charge in [-0.3, -0.25) is 9.59 Å². The summed E-state index contributed by atoms with van der Waals surface area (Å²) in [6.45, 7) is 0.697. The molecule has 0 aliphatic carbocycles. The van der Waals surface area contributed by atoms with Crippen molar-refractivity contribution >= 4 is 38.7 Å². The lowest BCUT2D eigenvalue weighted by atomic mass is 9.97. The standard InChI is InChI=1S/C17H19BrN2O3/c18-12-4-6-14-11(9-12)10-15(19-14)17(23)20-8-2-1-3-13(20)5-7-16(21)22/h4,6,9-10,13,19H,1-3,5,7-8H2,(H,21,22). The summed E-state index contributed by atoms with van der Waals surface area (Å²) in [5.41, 5.74) is 1.50. The fourth-order valence-electron chi connectivity index (χ4n) is 3.23. The average molecular weight is 379 g/mol. The van der Waals surface area contributed by atoms with E-state index in [1.165, 1.54) is 0 Å². The Labute approximate surface area is 142 Å². The van der Waals surface area contributed by atoms with Crippen LogP contribution in [0, 0.1) is 0 Å². The molecule has 0 bridgehead atoms. The maximum atomic E-state index is 12.8. The largest absolute Gasteiger partial charge is 0.481 e. The smallest absolute Gasteiger partial charge is 0.303 e. The maximum absolute atomic E-state index is 12.8. The van der Waals surface area contributed by atoms with Crippen molar-refractivity contribution in [1.29, 1.82) is 0 Å². The minimum atomic E-state index is -0.807. The molecule has 1 atom stereocenters. The van der Waals surface area contributed by atoms with Crippen LogP contribution in [0.2, 0.25) is 0 Å². The van der Waals surface area contributed by atoms with E-state index in [0.717, 1.165) is 34.6 Å². The van der Waals surface area contributed by atoms with Crippen molar-refractivity contribution in [2.45, 2.75) is 38.1 Å². The van der Waals surface area contributed by atoms with E-state index >= 15 is 0 Å². The monoisotopic (exact) mass is 378 g/mol. The van der Waals surface area contributed by atoms with Gasteiger partial charge in [-0.05, 0) is 49.9 Å². The molecule has 5 nitrogen and oxygen atoms in total. The average Bonchev–Trinajstić information content (AvgIpc) is 2.95. The second kappa shape index (κ2) is 6.74. The number of aliphatic carboxylic acids is 1. The van der Waals surface area contributed by atoms with Gasteiger partial charge >= 0.3 is 5.97 Å². The summed E-state index contributed by atoms with van der Waals surface area (Å²) in [6.07, 6.45) is 3.53. The minimum absolute atomic E-state index is 0.0190. The molecule has 122 valence electrons. The Morgan fingerprint density at radius 3 is 2.91 bits per heavy atom. The van der Waals surface area contributed by atoms with Crippen LogP contribution in [0.15, 0.2) is 28.7 Å². The first-order valence-electron chi connectivity index (χ1n) is 7.85. The number of aromatic nitrogens is 1. The quantitative estimate of drug-likeness (QED) is 0.849. The van der Waals surface area contributed by atoms with E-state index in [1.54, 1.807) is 0 Å². The summed E-state index contributed by atoms with van der Waals surface area (Å²) >= 11 is 3.43. The number of carboxylic acid groups (broad SMARTS) is 1. The first-order chi connectivity index (χ1) is 11.0. The second-order valence-corrected chi connectivity index (χ2v) is 6.91. The van der Waals surface area contributed by atoms with Gasteiger partial charge in [0.15, 0.2) is 0 Å². The van der Waals surface area contributed by atoms with Gasteiger partial charge in [-0.25, -0.2) is 0 Å². The van der Waals surface area contributed by atoms with E-state index in [1.807, 2.05) is 29.2 Å². The third-order valence-electron chi connectivity index (χ3n) is 4.39. The Morgan fingerprint density at radius 2 is 2.13 bits per heavy atom. The van der Waals surface area contributed by atoms with Crippen LogP contribution in [0.3, 0.4) is 0 Å². The van der Waals surface area contributed by atoms with E-state index in [2.05, 4.69) is 20.9 Å². The van der Waals surface area contributed by atoms with Gasteiger partial charge in [-0.1, -0.05) is 15.9 Å². The molecule has 2 heterocycles. The molecule has 1 amide bonds. The third-order valence-corrected chi connectivity index (χ3v) is 4.89. The van der Waals surface area contributed by atoms with Crippen LogP contribution in [0.1, 0.15) is 42.6 Å². The molecule has 0 radical (unpaired) electrons. The summed E-state index contributed by atoms with van der Waals surface area (Å²) in [6, 6.07) is 7.73. The molecule has 1 fully saturated rings. The lowest BCUT2D eigenvalue weighted by Gasteiger charge is -2.35. The van der Waals surface area contributed by atoms with Crippen molar-refractivity contribution in [1.82, 2.24) is 9.88 Å². The summed E-state index contributed by atoms with van der Waals surface area (Å²) in [4.78, 5) is 28.7. The Hall–Kier alpha value is -1.82. The number of rotatable bonds is 4. The molecule has 1 aliphatic rings. The molecule has 23 heavy (non-hydrogen) atoms. The van der Waals surface area contributed by atoms with E-state index in [-0.39, 0.29) is 18.4 Å². The lowest BCUT2D eigenvalue weighted by Crippen LogP contribution is -2.44. The third kappa shape index (κ3) is 3.58. The van der Waals surface area contributed by atoms with Gasteiger partial charge in [-0.2, -0.15) is 0 Å². The van der Waals surface area contributed by atoms with Crippen molar-refractivity contribution in [3.05, 3.63) is 34.4 Å². The van der Waals surface area contributed by atoms with Crippen LogP contribution in [0.25, 0.3) is 10.9 Å². The normalized spacial score (nSPS) is 18.3. The van der Waals surface area contributed by atoms with Crippen LogP contribution in [0.5, 0.6) is 0 Å². The highest BCUT2D eigenvalue weighted by Crippen LogP contribution is 2.25. The summed E-state index contributed by atoms with van der Waals surface area (Å²) in [5.74, 6) is -0.842. The lowest BCUT2D eigenvalue weighted by molar-refractivity contribution is -0.137. The van der Waals surface area contributed by atoms with Gasteiger partial charge in [-0.15, -0.1) is 0 Å². The highest BCUT2D eigenvalue weighted by Gasteiger charge is 2.28. The minimum Gasteiger partial charge on any atom is -0.481 e.